The minimum atomic E-state index is -5.15. The summed E-state index contributed by atoms with van der Waals surface area (Å²) in [7, 11) is 0. The first kappa shape index (κ1) is 16.2. The van der Waals surface area contributed by atoms with Crippen molar-refractivity contribution in [3.8, 4) is 0 Å². The maximum atomic E-state index is 12.4. The first-order valence-electron chi connectivity index (χ1n) is 5.35. The van der Waals surface area contributed by atoms with E-state index in [1.165, 1.54) is 6.08 Å². The number of thiocarbonyl (C=S) groups is 1. The van der Waals surface area contributed by atoms with E-state index in [0.717, 1.165) is 4.47 Å². The van der Waals surface area contributed by atoms with Crippen molar-refractivity contribution >= 4 is 62.1 Å². The second kappa shape index (κ2) is 5.90. The number of nitrogens with zero attached hydrogens (tertiary/aromatic N) is 1. The van der Waals surface area contributed by atoms with Gasteiger partial charge in [0.1, 0.15) is 0 Å². The number of amides is 2. The summed E-state index contributed by atoms with van der Waals surface area (Å²) < 4.78 is 37.6. The van der Waals surface area contributed by atoms with E-state index >= 15 is 0 Å². The molecule has 0 radical (unpaired) electrons. The van der Waals surface area contributed by atoms with Gasteiger partial charge in [-0.25, -0.2) is 4.90 Å². The molecule has 0 unspecified atom stereocenters. The molecule has 0 saturated carbocycles. The minimum Gasteiger partial charge on any atom is -0.268 e. The molecule has 1 fully saturated rings. The van der Waals surface area contributed by atoms with Crippen LogP contribution in [0.25, 0.3) is 6.08 Å². The second-order valence-corrected chi connectivity index (χ2v) is 6.46. The summed E-state index contributed by atoms with van der Waals surface area (Å²) in [5, 5.41) is 0. The standard InChI is InChI=1S/C12H5BrF3NO2S2/c13-7-3-1-6(2-4-7)5-8-9(18)17(11(20)21-8)10(19)12(14,15)16/h1-5H/b8-5-. The predicted octanol–water partition coefficient (Wildman–Crippen LogP) is 3.74. The summed E-state index contributed by atoms with van der Waals surface area (Å²) >= 11 is 8.58. The lowest BCUT2D eigenvalue weighted by molar-refractivity contribution is -0.182. The molecule has 1 aliphatic heterocycles. The van der Waals surface area contributed by atoms with Crippen LogP contribution in [0.2, 0.25) is 0 Å². The third-order valence-corrected chi connectivity index (χ3v) is 4.24. The number of hydrogen-bond donors (Lipinski definition) is 0. The maximum Gasteiger partial charge on any atom is 0.472 e. The fraction of sp³-hybridized carbons (Fsp3) is 0.0833. The normalized spacial score (nSPS) is 17.7. The number of imide groups is 1. The zero-order valence-corrected chi connectivity index (χ0v) is 13.2. The van der Waals surface area contributed by atoms with Crippen LogP contribution in [0.15, 0.2) is 33.6 Å². The van der Waals surface area contributed by atoms with E-state index in [4.69, 9.17) is 0 Å². The molecule has 0 bridgehead atoms. The second-order valence-electron chi connectivity index (χ2n) is 3.87. The molecule has 1 aliphatic rings. The number of hydrogen-bond acceptors (Lipinski definition) is 4. The Morgan fingerprint density at radius 1 is 1.29 bits per heavy atom. The Bertz CT molecular complexity index is 655. The fourth-order valence-electron chi connectivity index (χ4n) is 1.48. The molecule has 0 spiro atoms. The molecule has 21 heavy (non-hydrogen) atoms. The Morgan fingerprint density at radius 2 is 1.86 bits per heavy atom. The highest BCUT2D eigenvalue weighted by Crippen LogP contribution is 2.35. The van der Waals surface area contributed by atoms with Gasteiger partial charge in [0.05, 0.1) is 4.91 Å². The quantitative estimate of drug-likeness (QED) is 0.536. The average molecular weight is 396 g/mol. The van der Waals surface area contributed by atoms with Gasteiger partial charge in [0.15, 0.2) is 4.32 Å². The number of benzene rings is 1. The van der Waals surface area contributed by atoms with E-state index in [0.29, 0.717) is 17.3 Å². The van der Waals surface area contributed by atoms with Gasteiger partial charge in [-0.05, 0) is 23.8 Å². The van der Waals surface area contributed by atoms with Crippen LogP contribution >= 0.6 is 39.9 Å². The zero-order chi connectivity index (χ0) is 15.8. The van der Waals surface area contributed by atoms with E-state index in [1.54, 1.807) is 24.3 Å². The van der Waals surface area contributed by atoms with Crippen LogP contribution < -0.4 is 0 Å². The number of halogens is 4. The van der Waals surface area contributed by atoms with Crippen molar-refractivity contribution in [2.45, 2.75) is 6.18 Å². The Balaban J connectivity index is 2.30. The molecule has 110 valence electrons. The molecule has 1 saturated heterocycles. The molecule has 3 nitrogen and oxygen atoms in total. The summed E-state index contributed by atoms with van der Waals surface area (Å²) in [4.78, 5) is 23.0. The summed E-state index contributed by atoms with van der Waals surface area (Å²) in [5.41, 5.74) is 0.609. The van der Waals surface area contributed by atoms with E-state index in [-0.39, 0.29) is 9.81 Å². The third kappa shape index (κ3) is 3.53. The van der Waals surface area contributed by atoms with Crippen molar-refractivity contribution in [2.24, 2.45) is 0 Å². The molecule has 2 rings (SSSR count). The SMILES string of the molecule is O=C1/C(=C/c2ccc(Br)cc2)SC(=S)N1C(=O)C(F)(F)F. The topological polar surface area (TPSA) is 37.4 Å². The van der Waals surface area contributed by atoms with Crippen LogP contribution in [0.5, 0.6) is 0 Å². The predicted molar refractivity (Wildman–Crippen MR) is 80.2 cm³/mol. The smallest absolute Gasteiger partial charge is 0.268 e. The lowest BCUT2D eigenvalue weighted by Gasteiger charge is -2.13. The Kier molecular flexibility index (Phi) is 4.54. The van der Waals surface area contributed by atoms with E-state index in [2.05, 4.69) is 28.1 Å². The lowest BCUT2D eigenvalue weighted by atomic mass is 10.2. The molecule has 0 aliphatic carbocycles. The first-order chi connectivity index (χ1) is 9.70. The molecular formula is C12H5BrF3NO2S2. The van der Waals surface area contributed by atoms with Crippen LogP contribution in [-0.2, 0) is 9.59 Å². The van der Waals surface area contributed by atoms with Gasteiger partial charge in [-0.15, -0.1) is 0 Å². The van der Waals surface area contributed by atoms with Crippen LogP contribution in [0, 0.1) is 0 Å². The average Bonchev–Trinajstić information content (AvgIpc) is 2.65. The van der Waals surface area contributed by atoms with Crippen molar-refractivity contribution in [1.29, 1.82) is 0 Å². The van der Waals surface area contributed by atoms with E-state index < -0.39 is 22.3 Å². The van der Waals surface area contributed by atoms with Gasteiger partial charge in [-0.3, -0.25) is 9.59 Å². The lowest BCUT2D eigenvalue weighted by Crippen LogP contribution is -2.43. The Hall–Kier alpha value is -1.19. The number of carbonyl (C=O) groups is 2. The van der Waals surface area contributed by atoms with Crippen LogP contribution in [0.1, 0.15) is 5.56 Å². The zero-order valence-electron chi connectivity index (χ0n) is 9.98. The van der Waals surface area contributed by atoms with E-state index in [9.17, 15) is 22.8 Å². The van der Waals surface area contributed by atoms with E-state index in [1.807, 2.05) is 0 Å². The van der Waals surface area contributed by atoms with Crippen LogP contribution in [0.4, 0.5) is 13.2 Å². The van der Waals surface area contributed by atoms with Crippen molar-refractivity contribution in [2.75, 3.05) is 0 Å². The van der Waals surface area contributed by atoms with Crippen molar-refractivity contribution in [3.63, 3.8) is 0 Å². The van der Waals surface area contributed by atoms with Crippen molar-refractivity contribution in [1.82, 2.24) is 4.90 Å². The third-order valence-electron chi connectivity index (χ3n) is 2.41. The molecular weight excluding hydrogens is 391 g/mol. The fourth-order valence-corrected chi connectivity index (χ4v) is 3.00. The van der Waals surface area contributed by atoms with Crippen molar-refractivity contribution in [3.05, 3.63) is 39.2 Å². The van der Waals surface area contributed by atoms with Crippen molar-refractivity contribution < 1.29 is 22.8 Å². The number of carbonyl (C=O) groups excluding carboxylic acids is 2. The van der Waals surface area contributed by atoms with Gasteiger partial charge in [-0.2, -0.15) is 13.2 Å². The minimum absolute atomic E-state index is 0.0231. The molecule has 1 aromatic rings. The highest BCUT2D eigenvalue weighted by Gasteiger charge is 2.49. The van der Waals surface area contributed by atoms with Gasteiger partial charge in [0, 0.05) is 4.47 Å². The molecule has 2 amide bonds. The van der Waals surface area contributed by atoms with Crippen LogP contribution in [-0.4, -0.2) is 27.2 Å². The molecule has 0 N–H and O–H groups in total. The molecule has 9 heteroatoms. The van der Waals surface area contributed by atoms with Gasteiger partial charge in [-0.1, -0.05) is 52.0 Å². The summed E-state index contributed by atoms with van der Waals surface area (Å²) in [6.07, 6.45) is -3.76. The highest BCUT2D eigenvalue weighted by atomic mass is 79.9. The molecule has 1 aromatic carbocycles. The van der Waals surface area contributed by atoms with Gasteiger partial charge >= 0.3 is 12.1 Å². The number of rotatable bonds is 1. The summed E-state index contributed by atoms with van der Waals surface area (Å²) in [6.45, 7) is 0. The Morgan fingerprint density at radius 3 is 2.38 bits per heavy atom. The largest absolute Gasteiger partial charge is 0.472 e. The molecule has 0 atom stereocenters. The number of alkyl halides is 3. The summed E-state index contributed by atoms with van der Waals surface area (Å²) in [6, 6.07) is 6.77. The van der Waals surface area contributed by atoms with Crippen LogP contribution in [0.3, 0.4) is 0 Å². The summed E-state index contributed by atoms with van der Waals surface area (Å²) in [5.74, 6) is -3.33. The van der Waals surface area contributed by atoms with Gasteiger partial charge in [0.2, 0.25) is 0 Å². The maximum absolute atomic E-state index is 12.4. The molecule has 1 heterocycles. The Labute approximate surface area is 135 Å². The van der Waals surface area contributed by atoms with Gasteiger partial charge in [0.25, 0.3) is 5.91 Å². The highest BCUT2D eigenvalue weighted by molar-refractivity contribution is 9.10. The monoisotopic (exact) mass is 395 g/mol. The number of thioether (sulfide) groups is 1. The van der Waals surface area contributed by atoms with Gasteiger partial charge < -0.3 is 0 Å². The molecule has 0 aromatic heterocycles. The first-order valence-corrected chi connectivity index (χ1v) is 7.36.